The number of rotatable bonds is 12. The Morgan fingerprint density at radius 3 is 1.35 bits per heavy atom. The van der Waals surface area contributed by atoms with E-state index in [1.54, 1.807) is 0 Å². The van der Waals surface area contributed by atoms with Crippen LogP contribution < -0.4 is 9.47 Å². The highest BCUT2D eigenvalue weighted by molar-refractivity contribution is 5.69. The summed E-state index contributed by atoms with van der Waals surface area (Å²) in [4.78, 5) is 34.2. The van der Waals surface area contributed by atoms with Gasteiger partial charge in [0, 0.05) is 35.4 Å². The third-order valence-corrected chi connectivity index (χ3v) is 5.63. The van der Waals surface area contributed by atoms with Gasteiger partial charge in [0.25, 0.3) is 11.4 Å². The Bertz CT molecular complexity index is 1370. The van der Waals surface area contributed by atoms with Crippen molar-refractivity contribution in [3.63, 3.8) is 0 Å². The van der Waals surface area contributed by atoms with Crippen LogP contribution >= 0.6 is 0 Å². The summed E-state index contributed by atoms with van der Waals surface area (Å²) in [5, 5.41) is 22.6. The third-order valence-electron chi connectivity index (χ3n) is 5.63. The van der Waals surface area contributed by atoms with Gasteiger partial charge >= 0.3 is 6.16 Å². The third kappa shape index (κ3) is 7.93. The molecule has 0 unspecified atom stereocenters. The summed E-state index contributed by atoms with van der Waals surface area (Å²) in [5.41, 5.74) is 1.92. The van der Waals surface area contributed by atoms with Crippen LogP contribution in [-0.2, 0) is 35.9 Å². The number of ether oxygens (including phenoxy) is 4. The van der Waals surface area contributed by atoms with Crippen LogP contribution in [0.5, 0.6) is 11.5 Å². The molecule has 0 heterocycles. The fraction of sp³-hybridized carbons (Fsp3) is 0.138. The van der Waals surface area contributed by atoms with Crippen molar-refractivity contribution in [2.24, 2.45) is 0 Å². The van der Waals surface area contributed by atoms with Crippen LogP contribution in [0.25, 0.3) is 0 Å². The molecule has 0 amide bonds. The molecule has 0 fully saturated rings. The monoisotopic (exact) mass is 544 g/mol. The van der Waals surface area contributed by atoms with E-state index in [1.165, 1.54) is 36.4 Å². The van der Waals surface area contributed by atoms with Gasteiger partial charge in [-0.2, -0.15) is 0 Å². The zero-order valence-corrected chi connectivity index (χ0v) is 21.1. The van der Waals surface area contributed by atoms with Gasteiger partial charge < -0.3 is 18.9 Å². The van der Waals surface area contributed by atoms with Gasteiger partial charge in [-0.1, -0.05) is 60.7 Å². The molecule has 0 atom stereocenters. The van der Waals surface area contributed by atoms with Gasteiger partial charge in [0.1, 0.15) is 11.5 Å². The first-order valence-electron chi connectivity index (χ1n) is 12.1. The summed E-state index contributed by atoms with van der Waals surface area (Å²) < 4.78 is 22.1. The maximum atomic E-state index is 12.7. The lowest BCUT2D eigenvalue weighted by Gasteiger charge is -2.13. The van der Waals surface area contributed by atoms with Crippen molar-refractivity contribution >= 4 is 17.5 Å². The Balaban J connectivity index is 1.46. The molecule has 0 saturated carbocycles. The fourth-order valence-electron chi connectivity index (χ4n) is 3.69. The molecule has 0 saturated heterocycles. The Labute approximate surface area is 228 Å². The Hall–Kier alpha value is -5.13. The average Bonchev–Trinajstić information content (AvgIpc) is 2.95. The molecular weight excluding hydrogens is 520 g/mol. The molecule has 4 rings (SSSR count). The molecule has 0 aliphatic rings. The summed E-state index contributed by atoms with van der Waals surface area (Å²) in [7, 11) is 0. The van der Waals surface area contributed by atoms with E-state index >= 15 is 0 Å². The summed E-state index contributed by atoms with van der Waals surface area (Å²) in [5.74, 6) is 0.0138. The van der Waals surface area contributed by atoms with Crippen LogP contribution in [0.3, 0.4) is 0 Å². The Morgan fingerprint density at radius 2 is 0.975 bits per heavy atom. The first-order chi connectivity index (χ1) is 19.4. The molecule has 0 aliphatic carbocycles. The maximum Gasteiger partial charge on any atom is 0.519 e. The van der Waals surface area contributed by atoms with Gasteiger partial charge in [0.2, 0.25) is 0 Å². The predicted octanol–water partition coefficient (Wildman–Crippen LogP) is 6.51. The van der Waals surface area contributed by atoms with Crippen molar-refractivity contribution in [1.82, 2.24) is 0 Å². The van der Waals surface area contributed by atoms with Gasteiger partial charge in [-0.05, 0) is 23.3 Å². The molecule has 204 valence electrons. The number of benzene rings is 4. The number of nitro benzene ring substituents is 2. The molecule has 0 spiro atoms. The van der Waals surface area contributed by atoms with Crippen LogP contribution in [-0.4, -0.2) is 16.0 Å². The molecule has 11 heteroatoms. The molecule has 4 aromatic rings. The second kappa shape index (κ2) is 13.6. The molecule has 0 radical (unpaired) electrons. The van der Waals surface area contributed by atoms with E-state index in [0.29, 0.717) is 0 Å². The van der Waals surface area contributed by atoms with Crippen molar-refractivity contribution in [2.75, 3.05) is 0 Å². The number of hydrogen-bond acceptors (Lipinski definition) is 9. The van der Waals surface area contributed by atoms with Gasteiger partial charge in [0.15, 0.2) is 0 Å². The standard InChI is InChI=1S/C29H24N2O9/c32-29(39-27-13-11-25(30(33)34)15-23(27)19-37-17-21-7-3-1-4-8-21)40-28-14-12-26(31(35)36)16-24(28)20-38-18-22-9-5-2-6-10-22/h1-16H,17-20H2. The lowest BCUT2D eigenvalue weighted by Crippen LogP contribution is -2.16. The van der Waals surface area contributed by atoms with E-state index in [1.807, 2.05) is 60.7 Å². The topological polar surface area (TPSA) is 140 Å². The van der Waals surface area contributed by atoms with Crippen molar-refractivity contribution in [1.29, 1.82) is 0 Å². The highest BCUT2D eigenvalue weighted by Crippen LogP contribution is 2.28. The quantitative estimate of drug-likeness (QED) is 0.0844. The molecule has 11 nitrogen and oxygen atoms in total. The molecule has 0 N–H and O–H groups in total. The summed E-state index contributed by atoms with van der Waals surface area (Å²) >= 11 is 0. The average molecular weight is 545 g/mol. The largest absolute Gasteiger partial charge is 0.519 e. The highest BCUT2D eigenvalue weighted by atomic mass is 16.7. The summed E-state index contributed by atoms with van der Waals surface area (Å²) in [6.45, 7) is 0.329. The molecule has 0 aliphatic heterocycles. The molecule has 40 heavy (non-hydrogen) atoms. The van der Waals surface area contributed by atoms with Crippen molar-refractivity contribution in [2.45, 2.75) is 26.4 Å². The van der Waals surface area contributed by atoms with Crippen LogP contribution in [0, 0.1) is 20.2 Å². The highest BCUT2D eigenvalue weighted by Gasteiger charge is 2.19. The van der Waals surface area contributed by atoms with E-state index in [0.717, 1.165) is 11.1 Å². The molecule has 4 aromatic carbocycles. The minimum atomic E-state index is -1.14. The van der Waals surface area contributed by atoms with E-state index in [2.05, 4.69) is 0 Å². The van der Waals surface area contributed by atoms with Crippen molar-refractivity contribution in [3.05, 3.63) is 140 Å². The van der Waals surface area contributed by atoms with Crippen LogP contribution in [0.2, 0.25) is 0 Å². The van der Waals surface area contributed by atoms with Crippen LogP contribution in [0.4, 0.5) is 16.2 Å². The van der Waals surface area contributed by atoms with Gasteiger partial charge in [0.05, 0.1) is 36.3 Å². The summed E-state index contributed by atoms with van der Waals surface area (Å²) in [6.07, 6.45) is -1.14. The first kappa shape index (κ1) is 27.9. The predicted molar refractivity (Wildman–Crippen MR) is 143 cm³/mol. The number of non-ortho nitro benzene ring substituents is 2. The fourth-order valence-corrected chi connectivity index (χ4v) is 3.69. The lowest BCUT2D eigenvalue weighted by molar-refractivity contribution is -0.385. The number of hydrogen-bond donors (Lipinski definition) is 0. The van der Waals surface area contributed by atoms with E-state index in [9.17, 15) is 25.0 Å². The Kier molecular flexibility index (Phi) is 9.48. The van der Waals surface area contributed by atoms with E-state index < -0.39 is 16.0 Å². The van der Waals surface area contributed by atoms with Crippen LogP contribution in [0.1, 0.15) is 22.3 Å². The van der Waals surface area contributed by atoms with Gasteiger partial charge in [-0.25, -0.2) is 4.79 Å². The Morgan fingerprint density at radius 1 is 0.575 bits per heavy atom. The van der Waals surface area contributed by atoms with E-state index in [4.69, 9.17) is 18.9 Å². The van der Waals surface area contributed by atoms with E-state index in [-0.39, 0.29) is 60.4 Å². The SMILES string of the molecule is O=C(Oc1ccc([N+](=O)[O-])cc1COCc1ccccc1)Oc1ccc([N+](=O)[O-])cc1COCc1ccccc1. The smallest absolute Gasteiger partial charge is 0.394 e. The second-order valence-electron chi connectivity index (χ2n) is 8.51. The summed E-state index contributed by atoms with van der Waals surface area (Å²) in [6, 6.07) is 26.1. The maximum absolute atomic E-state index is 12.7. The van der Waals surface area contributed by atoms with Crippen molar-refractivity contribution < 1.29 is 33.6 Å². The molecule has 0 bridgehead atoms. The number of nitro groups is 2. The lowest BCUT2D eigenvalue weighted by atomic mass is 10.2. The number of nitrogens with zero attached hydrogens (tertiary/aromatic N) is 2. The zero-order valence-electron chi connectivity index (χ0n) is 21.1. The van der Waals surface area contributed by atoms with Crippen molar-refractivity contribution in [3.8, 4) is 11.5 Å². The van der Waals surface area contributed by atoms with Gasteiger partial charge in [-0.15, -0.1) is 0 Å². The minimum absolute atomic E-state index is 0.00690. The number of carbonyl (C=O) groups is 1. The normalized spacial score (nSPS) is 10.6. The minimum Gasteiger partial charge on any atom is -0.394 e. The molecule has 0 aromatic heterocycles. The first-order valence-corrected chi connectivity index (χ1v) is 12.1. The van der Waals surface area contributed by atoms with Gasteiger partial charge in [-0.3, -0.25) is 20.2 Å². The zero-order chi connectivity index (χ0) is 28.3. The van der Waals surface area contributed by atoms with Crippen LogP contribution in [0.15, 0.2) is 97.1 Å². The molecular formula is C29H24N2O9. The number of carbonyl (C=O) groups excluding carboxylic acids is 1. The second-order valence-corrected chi connectivity index (χ2v) is 8.51.